The Labute approximate surface area is 195 Å². The molecule has 0 saturated carbocycles. The fourth-order valence-corrected chi connectivity index (χ4v) is 4.19. The van der Waals surface area contributed by atoms with Crippen molar-refractivity contribution < 1.29 is 9.59 Å². The molecule has 1 aliphatic rings. The number of anilines is 2. The van der Waals surface area contributed by atoms with Crippen molar-refractivity contribution in [3.8, 4) is 0 Å². The van der Waals surface area contributed by atoms with Crippen molar-refractivity contribution >= 4 is 23.3 Å². The van der Waals surface area contributed by atoms with E-state index in [0.717, 1.165) is 35.6 Å². The van der Waals surface area contributed by atoms with Gasteiger partial charge in [-0.1, -0.05) is 60.7 Å². The number of rotatable bonds is 6. The number of carbonyl (C=O) groups is 2. The second-order valence-corrected chi connectivity index (χ2v) is 8.10. The van der Waals surface area contributed by atoms with Gasteiger partial charge in [0.05, 0.1) is 5.92 Å². The van der Waals surface area contributed by atoms with Gasteiger partial charge < -0.3 is 20.4 Å². The van der Waals surface area contributed by atoms with Crippen LogP contribution >= 0.6 is 0 Å². The van der Waals surface area contributed by atoms with E-state index in [0.29, 0.717) is 19.6 Å². The lowest BCUT2D eigenvalue weighted by atomic mass is 9.90. The number of nitrogens with one attached hydrogen (secondary N) is 2. The summed E-state index contributed by atoms with van der Waals surface area (Å²) >= 11 is 0. The predicted octanol–water partition coefficient (Wildman–Crippen LogP) is 4.31. The molecule has 1 heterocycles. The smallest absolute Gasteiger partial charge is 0.317 e. The van der Waals surface area contributed by atoms with E-state index in [9.17, 15) is 9.59 Å². The van der Waals surface area contributed by atoms with Crippen molar-refractivity contribution in [2.24, 2.45) is 0 Å². The van der Waals surface area contributed by atoms with Crippen LogP contribution in [0.1, 0.15) is 24.0 Å². The number of nitrogens with zero attached hydrogens (tertiary/aromatic N) is 2. The van der Waals surface area contributed by atoms with E-state index in [1.165, 1.54) is 0 Å². The molecule has 1 aliphatic heterocycles. The first-order valence-electron chi connectivity index (χ1n) is 11.4. The molecule has 3 amide bonds. The van der Waals surface area contributed by atoms with Crippen LogP contribution in [0, 0.1) is 0 Å². The van der Waals surface area contributed by atoms with Gasteiger partial charge in [-0.2, -0.15) is 0 Å². The summed E-state index contributed by atoms with van der Waals surface area (Å²) in [6, 6.07) is 27.6. The van der Waals surface area contributed by atoms with E-state index in [1.807, 2.05) is 96.8 Å². The Kier molecular flexibility index (Phi) is 7.25. The molecule has 4 rings (SSSR count). The SMILES string of the molecule is CCNC(=O)N1CCN(c2ccc(NC(=O)C(c3ccccc3)c3ccccc3)cc2)CC1. The van der Waals surface area contributed by atoms with Crippen LogP contribution in [-0.2, 0) is 4.79 Å². The van der Waals surface area contributed by atoms with E-state index >= 15 is 0 Å². The summed E-state index contributed by atoms with van der Waals surface area (Å²) < 4.78 is 0. The van der Waals surface area contributed by atoms with Crippen molar-refractivity contribution in [3.05, 3.63) is 96.1 Å². The zero-order chi connectivity index (χ0) is 23.0. The fourth-order valence-electron chi connectivity index (χ4n) is 4.19. The highest BCUT2D eigenvalue weighted by molar-refractivity contribution is 5.98. The number of amides is 3. The number of urea groups is 1. The summed E-state index contributed by atoms with van der Waals surface area (Å²) in [6.07, 6.45) is 0. The average molecular weight is 443 g/mol. The summed E-state index contributed by atoms with van der Waals surface area (Å²) in [7, 11) is 0. The Hall–Kier alpha value is -3.80. The molecule has 0 radical (unpaired) electrons. The Morgan fingerprint density at radius 3 is 1.85 bits per heavy atom. The van der Waals surface area contributed by atoms with E-state index in [2.05, 4.69) is 15.5 Å². The first-order chi connectivity index (χ1) is 16.2. The van der Waals surface area contributed by atoms with Crippen molar-refractivity contribution in [1.82, 2.24) is 10.2 Å². The molecule has 170 valence electrons. The van der Waals surface area contributed by atoms with Crippen LogP contribution in [0.5, 0.6) is 0 Å². The van der Waals surface area contributed by atoms with Crippen molar-refractivity contribution in [2.45, 2.75) is 12.8 Å². The maximum atomic E-state index is 13.3. The second-order valence-electron chi connectivity index (χ2n) is 8.10. The number of benzene rings is 3. The zero-order valence-electron chi connectivity index (χ0n) is 18.9. The second kappa shape index (κ2) is 10.7. The topological polar surface area (TPSA) is 64.7 Å². The molecule has 0 spiro atoms. The molecule has 33 heavy (non-hydrogen) atoms. The largest absolute Gasteiger partial charge is 0.368 e. The molecule has 0 unspecified atom stereocenters. The highest BCUT2D eigenvalue weighted by Gasteiger charge is 2.23. The van der Waals surface area contributed by atoms with E-state index < -0.39 is 0 Å². The van der Waals surface area contributed by atoms with Crippen molar-refractivity contribution in [2.75, 3.05) is 42.9 Å². The number of hydrogen-bond donors (Lipinski definition) is 2. The van der Waals surface area contributed by atoms with Gasteiger partial charge in [0, 0.05) is 44.1 Å². The van der Waals surface area contributed by atoms with Crippen LogP contribution in [0.25, 0.3) is 0 Å². The molecule has 2 N–H and O–H groups in total. The van der Waals surface area contributed by atoms with Crippen molar-refractivity contribution in [1.29, 1.82) is 0 Å². The van der Waals surface area contributed by atoms with Crippen LogP contribution < -0.4 is 15.5 Å². The molecular weight excluding hydrogens is 412 g/mol. The first kappa shape index (κ1) is 22.4. The minimum Gasteiger partial charge on any atom is -0.368 e. The lowest BCUT2D eigenvalue weighted by molar-refractivity contribution is -0.116. The molecule has 0 aromatic heterocycles. The standard InChI is InChI=1S/C27H30N4O2/c1-2-28-27(33)31-19-17-30(18-20-31)24-15-13-23(14-16-24)29-26(32)25(21-9-5-3-6-10-21)22-11-7-4-8-12-22/h3-16,25H,2,17-20H2,1H3,(H,28,33)(H,29,32). The number of piperazine rings is 1. The Balaban J connectivity index is 1.42. The summed E-state index contributed by atoms with van der Waals surface area (Å²) in [4.78, 5) is 29.4. The maximum Gasteiger partial charge on any atom is 0.317 e. The summed E-state index contributed by atoms with van der Waals surface area (Å²) in [5.74, 6) is -0.440. The lowest BCUT2D eigenvalue weighted by Gasteiger charge is -2.36. The van der Waals surface area contributed by atoms with Gasteiger partial charge >= 0.3 is 6.03 Å². The van der Waals surface area contributed by atoms with Gasteiger partial charge in [0.1, 0.15) is 0 Å². The van der Waals surface area contributed by atoms with Gasteiger partial charge in [-0.3, -0.25) is 4.79 Å². The quantitative estimate of drug-likeness (QED) is 0.598. The van der Waals surface area contributed by atoms with Crippen LogP contribution in [-0.4, -0.2) is 49.6 Å². The molecule has 6 nitrogen and oxygen atoms in total. The Bertz CT molecular complexity index is 1010. The van der Waals surface area contributed by atoms with Gasteiger partial charge in [-0.25, -0.2) is 4.79 Å². The third-order valence-corrected chi connectivity index (χ3v) is 5.92. The monoisotopic (exact) mass is 442 g/mol. The fraction of sp³-hybridized carbons (Fsp3) is 0.259. The first-order valence-corrected chi connectivity index (χ1v) is 11.4. The van der Waals surface area contributed by atoms with Crippen LogP contribution in [0.15, 0.2) is 84.9 Å². The molecule has 0 bridgehead atoms. The molecule has 1 saturated heterocycles. The highest BCUT2D eigenvalue weighted by atomic mass is 16.2. The van der Waals surface area contributed by atoms with Crippen LogP contribution in [0.3, 0.4) is 0 Å². The molecule has 1 fully saturated rings. The van der Waals surface area contributed by atoms with E-state index in [4.69, 9.17) is 0 Å². The Morgan fingerprint density at radius 2 is 1.33 bits per heavy atom. The van der Waals surface area contributed by atoms with Crippen LogP contribution in [0.4, 0.5) is 16.2 Å². The Morgan fingerprint density at radius 1 is 0.788 bits per heavy atom. The lowest BCUT2D eigenvalue weighted by Crippen LogP contribution is -2.51. The third kappa shape index (κ3) is 5.52. The maximum absolute atomic E-state index is 13.3. The van der Waals surface area contributed by atoms with Gasteiger partial charge in [0.15, 0.2) is 0 Å². The van der Waals surface area contributed by atoms with Gasteiger partial charge in [-0.05, 0) is 42.3 Å². The van der Waals surface area contributed by atoms with Gasteiger partial charge in [0.25, 0.3) is 0 Å². The van der Waals surface area contributed by atoms with E-state index in [-0.39, 0.29) is 17.9 Å². The van der Waals surface area contributed by atoms with Crippen LogP contribution in [0.2, 0.25) is 0 Å². The summed E-state index contributed by atoms with van der Waals surface area (Å²) in [5.41, 5.74) is 3.78. The number of hydrogen-bond acceptors (Lipinski definition) is 3. The minimum absolute atomic E-state index is 0.00148. The molecule has 3 aromatic carbocycles. The molecule has 0 aliphatic carbocycles. The highest BCUT2D eigenvalue weighted by Crippen LogP contribution is 2.27. The summed E-state index contributed by atoms with van der Waals surface area (Å²) in [6.45, 7) is 5.53. The van der Waals surface area contributed by atoms with E-state index in [1.54, 1.807) is 0 Å². The molecule has 3 aromatic rings. The van der Waals surface area contributed by atoms with Gasteiger partial charge in [-0.15, -0.1) is 0 Å². The molecular formula is C27H30N4O2. The summed E-state index contributed by atoms with van der Waals surface area (Å²) in [5, 5.41) is 5.94. The minimum atomic E-state index is -0.380. The molecule has 0 atom stereocenters. The third-order valence-electron chi connectivity index (χ3n) is 5.92. The number of carbonyl (C=O) groups excluding carboxylic acids is 2. The predicted molar refractivity (Wildman–Crippen MR) is 133 cm³/mol. The average Bonchev–Trinajstić information content (AvgIpc) is 2.86. The normalized spacial score (nSPS) is 13.6. The van der Waals surface area contributed by atoms with Crippen molar-refractivity contribution in [3.63, 3.8) is 0 Å². The zero-order valence-corrected chi connectivity index (χ0v) is 18.9. The molecule has 6 heteroatoms. The van der Waals surface area contributed by atoms with Gasteiger partial charge in [0.2, 0.25) is 5.91 Å².